The summed E-state index contributed by atoms with van der Waals surface area (Å²) in [6.07, 6.45) is 7.35. The van der Waals surface area contributed by atoms with Crippen LogP contribution >= 0.6 is 0 Å². The minimum atomic E-state index is 0.852. The lowest BCUT2D eigenvalue weighted by Gasteiger charge is -2.34. The number of fused-ring (bicyclic) bond motifs is 1. The molecule has 0 N–H and O–H groups in total. The van der Waals surface area contributed by atoms with Crippen molar-refractivity contribution in [1.82, 2.24) is 10.0 Å². The van der Waals surface area contributed by atoms with Crippen LogP contribution in [0.1, 0.15) is 26.7 Å². The van der Waals surface area contributed by atoms with Gasteiger partial charge in [0, 0.05) is 26.2 Å². The van der Waals surface area contributed by atoms with Crippen LogP contribution in [0.3, 0.4) is 0 Å². The molecule has 1 saturated heterocycles. The van der Waals surface area contributed by atoms with Gasteiger partial charge >= 0.3 is 0 Å². The van der Waals surface area contributed by atoms with Gasteiger partial charge in [-0.1, -0.05) is 26.0 Å². The van der Waals surface area contributed by atoms with E-state index in [2.05, 4.69) is 36.0 Å². The molecule has 0 aliphatic carbocycles. The maximum atomic E-state index is 2.52. The molecule has 0 bridgehead atoms. The zero-order chi connectivity index (χ0) is 9.97. The fourth-order valence-corrected chi connectivity index (χ4v) is 2.53. The molecule has 2 heteroatoms. The van der Waals surface area contributed by atoms with Crippen LogP contribution in [-0.2, 0) is 0 Å². The average molecular weight is 194 g/mol. The zero-order valence-electron chi connectivity index (χ0n) is 9.45. The van der Waals surface area contributed by atoms with Crippen LogP contribution in [0.4, 0.5) is 0 Å². The highest BCUT2D eigenvalue weighted by molar-refractivity contribution is 4.92. The van der Waals surface area contributed by atoms with Gasteiger partial charge in [0.05, 0.1) is 0 Å². The Morgan fingerprint density at radius 3 is 1.93 bits per heavy atom. The maximum absolute atomic E-state index is 2.52. The molecule has 0 aromatic carbocycles. The molecule has 0 aromatic heterocycles. The molecule has 0 atom stereocenters. The quantitative estimate of drug-likeness (QED) is 0.590. The van der Waals surface area contributed by atoms with E-state index in [0.717, 1.165) is 24.9 Å². The van der Waals surface area contributed by atoms with Crippen LogP contribution in [0.25, 0.3) is 0 Å². The first-order valence-electron chi connectivity index (χ1n) is 5.92. The second-order valence-electron chi connectivity index (χ2n) is 4.88. The first-order chi connectivity index (χ1) is 6.77. The molecular weight excluding hydrogens is 172 g/mol. The summed E-state index contributed by atoms with van der Waals surface area (Å²) in [5.41, 5.74) is 0. The molecule has 0 amide bonds. The fourth-order valence-electron chi connectivity index (χ4n) is 2.53. The molecule has 2 aliphatic heterocycles. The Bertz CT molecular complexity index is 192. The standard InChI is InChI=1S/C12H22N2/c1-11(2)12-5-9-13-7-3-4-8-14(13)10-6-12/h3-4,11-12H,5-10H2,1-2H3. The summed E-state index contributed by atoms with van der Waals surface area (Å²) in [5, 5.41) is 5.03. The van der Waals surface area contributed by atoms with Gasteiger partial charge in [0.25, 0.3) is 0 Å². The van der Waals surface area contributed by atoms with Crippen molar-refractivity contribution in [3.05, 3.63) is 12.2 Å². The Hall–Kier alpha value is -0.340. The van der Waals surface area contributed by atoms with E-state index in [-0.39, 0.29) is 0 Å². The van der Waals surface area contributed by atoms with E-state index in [1.54, 1.807) is 0 Å². The molecule has 2 aliphatic rings. The minimum Gasteiger partial charge on any atom is -0.238 e. The van der Waals surface area contributed by atoms with Crippen LogP contribution in [0.15, 0.2) is 12.2 Å². The van der Waals surface area contributed by atoms with E-state index in [1.165, 1.54) is 25.9 Å². The minimum absolute atomic E-state index is 0.852. The molecule has 0 unspecified atom stereocenters. The Kier molecular flexibility index (Phi) is 3.24. The summed E-state index contributed by atoms with van der Waals surface area (Å²) in [6.45, 7) is 9.50. The van der Waals surface area contributed by atoms with Crippen LogP contribution < -0.4 is 0 Å². The van der Waals surface area contributed by atoms with Gasteiger partial charge < -0.3 is 0 Å². The van der Waals surface area contributed by atoms with E-state index < -0.39 is 0 Å². The van der Waals surface area contributed by atoms with Crippen LogP contribution in [0.5, 0.6) is 0 Å². The van der Waals surface area contributed by atoms with Gasteiger partial charge in [-0.15, -0.1) is 0 Å². The van der Waals surface area contributed by atoms with E-state index >= 15 is 0 Å². The lowest BCUT2D eigenvalue weighted by Crippen LogP contribution is -2.44. The number of hydrogen-bond acceptors (Lipinski definition) is 2. The summed E-state index contributed by atoms with van der Waals surface area (Å²) in [7, 11) is 0. The normalized spacial score (nSPS) is 26.5. The van der Waals surface area contributed by atoms with Gasteiger partial charge in [0.1, 0.15) is 0 Å². The van der Waals surface area contributed by atoms with Gasteiger partial charge in [-0.05, 0) is 24.7 Å². The number of hydrogen-bond donors (Lipinski definition) is 0. The monoisotopic (exact) mass is 194 g/mol. The lowest BCUT2D eigenvalue weighted by molar-refractivity contribution is -0.00113. The van der Waals surface area contributed by atoms with Gasteiger partial charge in [-0.2, -0.15) is 0 Å². The summed E-state index contributed by atoms with van der Waals surface area (Å²) in [6, 6.07) is 0. The summed E-state index contributed by atoms with van der Waals surface area (Å²) >= 11 is 0. The number of nitrogens with zero attached hydrogens (tertiary/aromatic N) is 2. The SMILES string of the molecule is CC(C)C1CCN2CC=CCN2CC1. The molecule has 0 saturated carbocycles. The van der Waals surface area contributed by atoms with Gasteiger partial charge in [-0.25, -0.2) is 10.0 Å². The third-order valence-electron chi connectivity index (χ3n) is 3.66. The number of hydrazine groups is 1. The van der Waals surface area contributed by atoms with E-state index in [9.17, 15) is 0 Å². The average Bonchev–Trinajstić information content (AvgIpc) is 2.39. The maximum Gasteiger partial charge on any atom is 0.0314 e. The topological polar surface area (TPSA) is 6.48 Å². The van der Waals surface area contributed by atoms with Crippen molar-refractivity contribution in [3.63, 3.8) is 0 Å². The third-order valence-corrected chi connectivity index (χ3v) is 3.66. The van der Waals surface area contributed by atoms with Crippen molar-refractivity contribution in [1.29, 1.82) is 0 Å². The van der Waals surface area contributed by atoms with Gasteiger partial charge in [-0.3, -0.25) is 0 Å². The Balaban J connectivity index is 1.95. The van der Waals surface area contributed by atoms with Crippen LogP contribution in [0, 0.1) is 11.8 Å². The molecule has 2 heterocycles. The molecule has 80 valence electrons. The predicted octanol–water partition coefficient (Wildman–Crippen LogP) is 2.14. The Morgan fingerprint density at radius 2 is 1.50 bits per heavy atom. The molecule has 2 rings (SSSR count). The molecule has 0 aromatic rings. The van der Waals surface area contributed by atoms with Gasteiger partial charge in [0.15, 0.2) is 0 Å². The molecule has 0 radical (unpaired) electrons. The molecule has 2 nitrogen and oxygen atoms in total. The molecule has 0 spiro atoms. The first kappa shape index (κ1) is 10.2. The fraction of sp³-hybridized carbons (Fsp3) is 0.833. The van der Waals surface area contributed by atoms with Crippen molar-refractivity contribution in [2.24, 2.45) is 11.8 Å². The highest BCUT2D eigenvalue weighted by Crippen LogP contribution is 2.24. The zero-order valence-corrected chi connectivity index (χ0v) is 9.45. The van der Waals surface area contributed by atoms with Crippen molar-refractivity contribution in [2.75, 3.05) is 26.2 Å². The second kappa shape index (κ2) is 4.45. The smallest absolute Gasteiger partial charge is 0.0314 e. The van der Waals surface area contributed by atoms with Crippen molar-refractivity contribution in [2.45, 2.75) is 26.7 Å². The Labute approximate surface area is 87.5 Å². The summed E-state index contributed by atoms with van der Waals surface area (Å²) in [4.78, 5) is 0. The van der Waals surface area contributed by atoms with Gasteiger partial charge in [0.2, 0.25) is 0 Å². The van der Waals surface area contributed by atoms with Crippen molar-refractivity contribution >= 4 is 0 Å². The first-order valence-corrected chi connectivity index (χ1v) is 5.92. The van der Waals surface area contributed by atoms with E-state index in [1.807, 2.05) is 0 Å². The van der Waals surface area contributed by atoms with Crippen molar-refractivity contribution in [3.8, 4) is 0 Å². The Morgan fingerprint density at radius 1 is 1.00 bits per heavy atom. The van der Waals surface area contributed by atoms with Crippen LogP contribution in [0.2, 0.25) is 0 Å². The predicted molar refractivity (Wildman–Crippen MR) is 59.8 cm³/mol. The number of rotatable bonds is 1. The summed E-state index contributed by atoms with van der Waals surface area (Å²) < 4.78 is 0. The highest BCUT2D eigenvalue weighted by atomic mass is 15.6. The largest absolute Gasteiger partial charge is 0.238 e. The van der Waals surface area contributed by atoms with Crippen molar-refractivity contribution < 1.29 is 0 Å². The van der Waals surface area contributed by atoms with E-state index in [4.69, 9.17) is 0 Å². The third kappa shape index (κ3) is 2.18. The molecule has 14 heavy (non-hydrogen) atoms. The molecular formula is C12H22N2. The van der Waals surface area contributed by atoms with E-state index in [0.29, 0.717) is 0 Å². The van der Waals surface area contributed by atoms with Crippen LogP contribution in [-0.4, -0.2) is 36.2 Å². The highest BCUT2D eigenvalue weighted by Gasteiger charge is 2.24. The summed E-state index contributed by atoms with van der Waals surface area (Å²) in [5.74, 6) is 1.78. The molecule has 1 fully saturated rings. The lowest BCUT2D eigenvalue weighted by atomic mass is 9.90. The second-order valence-corrected chi connectivity index (χ2v) is 4.88.